The van der Waals surface area contributed by atoms with Crippen molar-refractivity contribution < 1.29 is 4.74 Å². The van der Waals surface area contributed by atoms with Crippen molar-refractivity contribution in [3.05, 3.63) is 24.0 Å². The summed E-state index contributed by atoms with van der Waals surface area (Å²) >= 11 is 0. The third-order valence-corrected chi connectivity index (χ3v) is 3.02. The predicted molar refractivity (Wildman–Crippen MR) is 60.0 cm³/mol. The number of rotatable bonds is 2. The van der Waals surface area contributed by atoms with Crippen LogP contribution in [0, 0.1) is 5.92 Å². The Balaban J connectivity index is 1.97. The molecule has 1 aliphatic rings. The average molecular weight is 218 g/mol. The van der Waals surface area contributed by atoms with Gasteiger partial charge in [0.1, 0.15) is 11.6 Å². The second-order valence-electron chi connectivity index (χ2n) is 4.19. The molecule has 1 fully saturated rings. The van der Waals surface area contributed by atoms with Crippen molar-refractivity contribution in [2.24, 2.45) is 5.92 Å². The lowest BCUT2D eigenvalue weighted by Gasteiger charge is -2.06. The van der Waals surface area contributed by atoms with Gasteiger partial charge in [0.2, 0.25) is 0 Å². The fraction of sp³-hybridized carbons (Fsp3) is 0.455. The maximum Gasteiger partial charge on any atom is 0.162 e. The topological polar surface area (TPSA) is 65.4 Å². The molecule has 1 atom stereocenters. The number of hydrogen-bond acceptors (Lipinski definition) is 4. The van der Waals surface area contributed by atoms with Crippen molar-refractivity contribution in [2.45, 2.75) is 12.8 Å². The lowest BCUT2D eigenvalue weighted by molar-refractivity contribution is 0.185. The SMILES string of the molecule is Nc1cccc2nnc(CC3CCOC3)n12. The van der Waals surface area contributed by atoms with Gasteiger partial charge in [0.05, 0.1) is 0 Å². The second kappa shape index (κ2) is 3.75. The Bertz CT molecular complexity index is 502. The summed E-state index contributed by atoms with van der Waals surface area (Å²) in [6, 6.07) is 5.67. The molecule has 1 aliphatic heterocycles. The average Bonchev–Trinajstić information content (AvgIpc) is 2.90. The first-order valence-electron chi connectivity index (χ1n) is 5.51. The molecule has 0 amide bonds. The van der Waals surface area contributed by atoms with E-state index in [-0.39, 0.29) is 0 Å². The monoisotopic (exact) mass is 218 g/mol. The van der Waals surface area contributed by atoms with Gasteiger partial charge in [-0.1, -0.05) is 6.07 Å². The van der Waals surface area contributed by atoms with Gasteiger partial charge in [0, 0.05) is 19.6 Å². The lowest BCUT2D eigenvalue weighted by Crippen LogP contribution is -2.08. The lowest BCUT2D eigenvalue weighted by atomic mass is 10.1. The molecule has 0 bridgehead atoms. The van der Waals surface area contributed by atoms with E-state index >= 15 is 0 Å². The van der Waals surface area contributed by atoms with E-state index in [9.17, 15) is 0 Å². The molecule has 3 rings (SSSR count). The summed E-state index contributed by atoms with van der Waals surface area (Å²) in [7, 11) is 0. The number of nitrogens with two attached hydrogens (primary N) is 1. The quantitative estimate of drug-likeness (QED) is 0.813. The van der Waals surface area contributed by atoms with Crippen LogP contribution in [0.1, 0.15) is 12.2 Å². The van der Waals surface area contributed by atoms with Gasteiger partial charge in [-0.25, -0.2) is 0 Å². The Hall–Kier alpha value is -1.62. The number of aromatic nitrogens is 3. The predicted octanol–water partition coefficient (Wildman–Crippen LogP) is 0.890. The van der Waals surface area contributed by atoms with Gasteiger partial charge in [-0.2, -0.15) is 0 Å². The summed E-state index contributed by atoms with van der Waals surface area (Å²) < 4.78 is 7.27. The molecule has 2 aromatic heterocycles. The number of ether oxygens (including phenoxy) is 1. The molecule has 0 aliphatic carbocycles. The van der Waals surface area contributed by atoms with Gasteiger partial charge in [-0.3, -0.25) is 4.40 Å². The van der Waals surface area contributed by atoms with Gasteiger partial charge in [0.25, 0.3) is 0 Å². The molecule has 1 unspecified atom stereocenters. The van der Waals surface area contributed by atoms with Crippen LogP contribution in [0.3, 0.4) is 0 Å². The van der Waals surface area contributed by atoms with Crippen LogP contribution in [-0.4, -0.2) is 27.8 Å². The van der Waals surface area contributed by atoms with Crippen molar-refractivity contribution in [2.75, 3.05) is 18.9 Å². The summed E-state index contributed by atoms with van der Waals surface area (Å²) in [6.45, 7) is 1.68. The number of hydrogen-bond donors (Lipinski definition) is 1. The molecule has 2 aromatic rings. The van der Waals surface area contributed by atoms with Gasteiger partial charge in [0.15, 0.2) is 5.65 Å². The highest BCUT2D eigenvalue weighted by atomic mass is 16.5. The molecule has 1 saturated heterocycles. The Labute approximate surface area is 93.2 Å². The molecule has 2 N–H and O–H groups in total. The van der Waals surface area contributed by atoms with E-state index in [4.69, 9.17) is 10.5 Å². The van der Waals surface area contributed by atoms with Crippen LogP contribution < -0.4 is 5.73 Å². The van der Waals surface area contributed by atoms with E-state index in [0.29, 0.717) is 11.7 Å². The van der Waals surface area contributed by atoms with Gasteiger partial charge >= 0.3 is 0 Å². The Morgan fingerprint density at radius 1 is 1.44 bits per heavy atom. The molecule has 5 nitrogen and oxygen atoms in total. The third-order valence-electron chi connectivity index (χ3n) is 3.02. The molecule has 0 aromatic carbocycles. The standard InChI is InChI=1S/C11H14N4O/c12-9-2-1-3-10-13-14-11(15(9)10)6-8-4-5-16-7-8/h1-3,8H,4-7,12H2. The number of pyridine rings is 1. The van der Waals surface area contributed by atoms with Crippen LogP contribution >= 0.6 is 0 Å². The van der Waals surface area contributed by atoms with E-state index in [2.05, 4.69) is 10.2 Å². The number of anilines is 1. The van der Waals surface area contributed by atoms with E-state index in [0.717, 1.165) is 37.5 Å². The van der Waals surface area contributed by atoms with Crippen LogP contribution in [0.25, 0.3) is 5.65 Å². The second-order valence-corrected chi connectivity index (χ2v) is 4.19. The van der Waals surface area contributed by atoms with Crippen molar-refractivity contribution in [3.8, 4) is 0 Å². The fourth-order valence-corrected chi connectivity index (χ4v) is 2.16. The zero-order valence-electron chi connectivity index (χ0n) is 8.97. The van der Waals surface area contributed by atoms with Gasteiger partial charge < -0.3 is 10.5 Å². The highest BCUT2D eigenvalue weighted by Crippen LogP contribution is 2.19. The summed E-state index contributed by atoms with van der Waals surface area (Å²) in [5.74, 6) is 2.17. The van der Waals surface area contributed by atoms with Crippen LogP contribution in [0.4, 0.5) is 5.82 Å². The zero-order valence-corrected chi connectivity index (χ0v) is 8.97. The van der Waals surface area contributed by atoms with E-state index in [1.165, 1.54) is 0 Å². The first-order valence-corrected chi connectivity index (χ1v) is 5.51. The molecule has 0 spiro atoms. The Morgan fingerprint density at radius 3 is 3.19 bits per heavy atom. The van der Waals surface area contributed by atoms with Crippen LogP contribution in [-0.2, 0) is 11.2 Å². The van der Waals surface area contributed by atoms with Crippen molar-refractivity contribution >= 4 is 11.5 Å². The fourth-order valence-electron chi connectivity index (χ4n) is 2.16. The molecular formula is C11H14N4O. The maximum atomic E-state index is 5.93. The first kappa shape index (κ1) is 9.59. The number of fused-ring (bicyclic) bond motifs is 1. The van der Waals surface area contributed by atoms with Crippen LogP contribution in [0.2, 0.25) is 0 Å². The van der Waals surface area contributed by atoms with E-state index < -0.39 is 0 Å². The minimum Gasteiger partial charge on any atom is -0.385 e. The molecule has 3 heterocycles. The Morgan fingerprint density at radius 2 is 2.38 bits per heavy atom. The summed E-state index contributed by atoms with van der Waals surface area (Å²) in [5.41, 5.74) is 6.74. The zero-order chi connectivity index (χ0) is 11.0. The number of nitrogen functional groups attached to an aromatic ring is 1. The molecule has 0 saturated carbocycles. The van der Waals surface area contributed by atoms with Crippen molar-refractivity contribution in [1.29, 1.82) is 0 Å². The Kier molecular flexibility index (Phi) is 2.25. The summed E-state index contributed by atoms with van der Waals surface area (Å²) in [6.07, 6.45) is 1.98. The highest BCUT2D eigenvalue weighted by molar-refractivity contribution is 5.47. The third kappa shape index (κ3) is 1.53. The van der Waals surface area contributed by atoms with Gasteiger partial charge in [-0.05, 0) is 24.5 Å². The molecule has 84 valence electrons. The van der Waals surface area contributed by atoms with Gasteiger partial charge in [-0.15, -0.1) is 10.2 Å². The maximum absolute atomic E-state index is 5.93. The molecule has 5 heteroatoms. The van der Waals surface area contributed by atoms with Crippen LogP contribution in [0.15, 0.2) is 18.2 Å². The molecular weight excluding hydrogens is 204 g/mol. The molecule has 0 radical (unpaired) electrons. The normalized spacial score (nSPS) is 20.6. The largest absolute Gasteiger partial charge is 0.385 e. The minimum absolute atomic E-state index is 0.548. The van der Waals surface area contributed by atoms with E-state index in [1.54, 1.807) is 0 Å². The highest BCUT2D eigenvalue weighted by Gasteiger charge is 2.19. The minimum atomic E-state index is 0.548. The number of nitrogens with zero attached hydrogens (tertiary/aromatic N) is 3. The summed E-state index contributed by atoms with van der Waals surface area (Å²) in [4.78, 5) is 0. The van der Waals surface area contributed by atoms with Crippen molar-refractivity contribution in [1.82, 2.24) is 14.6 Å². The first-order chi connectivity index (χ1) is 7.84. The van der Waals surface area contributed by atoms with Crippen molar-refractivity contribution in [3.63, 3.8) is 0 Å². The van der Waals surface area contributed by atoms with E-state index in [1.807, 2.05) is 22.6 Å². The smallest absolute Gasteiger partial charge is 0.162 e. The van der Waals surface area contributed by atoms with Crippen LogP contribution in [0.5, 0.6) is 0 Å². The molecule has 16 heavy (non-hydrogen) atoms. The summed E-state index contributed by atoms with van der Waals surface area (Å²) in [5, 5.41) is 8.31.